The van der Waals surface area contributed by atoms with E-state index in [1.54, 1.807) is 38.1 Å². The number of halogens is 3. The number of pyridine rings is 1. The van der Waals surface area contributed by atoms with Gasteiger partial charge in [-0.2, -0.15) is 18.4 Å². The molecule has 13 heteroatoms. The van der Waals surface area contributed by atoms with Crippen molar-refractivity contribution in [2.75, 3.05) is 13.7 Å². The summed E-state index contributed by atoms with van der Waals surface area (Å²) in [5.74, 6) is 0.0752. The Bertz CT molecular complexity index is 2080. The molecule has 0 bridgehead atoms. The van der Waals surface area contributed by atoms with Crippen LogP contribution in [0.25, 0.3) is 6.08 Å². The van der Waals surface area contributed by atoms with Gasteiger partial charge in [-0.1, -0.05) is 47.7 Å². The molecule has 0 aliphatic carbocycles. The zero-order chi connectivity index (χ0) is 33.2. The number of nitrogens with zero attached hydrogens (tertiary/aromatic N) is 4. The molecule has 1 aliphatic rings. The lowest BCUT2D eigenvalue weighted by Gasteiger charge is -2.24. The highest BCUT2D eigenvalue weighted by Crippen LogP contribution is 2.35. The lowest BCUT2D eigenvalue weighted by molar-refractivity contribution is -0.141. The Kier molecular flexibility index (Phi) is 9.50. The number of hydrogen-bond acceptors (Lipinski definition) is 9. The van der Waals surface area contributed by atoms with Crippen LogP contribution in [0.3, 0.4) is 0 Å². The SMILES string of the molecule is CCOC(=O)C1=C(C)N=c2sc(=Cc3ccc(OC)c(CSc4nc(C(F)(F)F)cc(C)c4C#N)c3)c(=O)n2[C@@H]1c1ccccc1. The molecule has 46 heavy (non-hydrogen) atoms. The second kappa shape index (κ2) is 13.4. The molecule has 0 fully saturated rings. The van der Waals surface area contributed by atoms with E-state index in [2.05, 4.69) is 9.98 Å². The molecule has 2 aromatic heterocycles. The number of aryl methyl sites for hydroxylation is 1. The van der Waals surface area contributed by atoms with Gasteiger partial charge in [0.2, 0.25) is 0 Å². The van der Waals surface area contributed by atoms with Crippen molar-refractivity contribution in [3.8, 4) is 11.8 Å². The Hall–Kier alpha value is -4.67. The first-order valence-electron chi connectivity index (χ1n) is 14.0. The number of benzene rings is 2. The van der Waals surface area contributed by atoms with Gasteiger partial charge in [-0.05, 0) is 61.7 Å². The minimum Gasteiger partial charge on any atom is -0.496 e. The van der Waals surface area contributed by atoms with Crippen molar-refractivity contribution < 1.29 is 27.4 Å². The fraction of sp³-hybridized carbons (Fsp3) is 0.242. The van der Waals surface area contributed by atoms with Gasteiger partial charge in [-0.15, -0.1) is 11.8 Å². The van der Waals surface area contributed by atoms with Crippen molar-refractivity contribution in [2.24, 2.45) is 4.99 Å². The third-order valence-electron chi connectivity index (χ3n) is 7.18. The number of ether oxygens (including phenoxy) is 2. The predicted octanol–water partition coefficient (Wildman–Crippen LogP) is 5.69. The molecule has 2 aromatic carbocycles. The Balaban J connectivity index is 1.56. The highest BCUT2D eigenvalue weighted by molar-refractivity contribution is 7.98. The van der Waals surface area contributed by atoms with E-state index in [-0.39, 0.29) is 39.6 Å². The monoisotopic (exact) mass is 664 g/mol. The van der Waals surface area contributed by atoms with Gasteiger partial charge < -0.3 is 9.47 Å². The van der Waals surface area contributed by atoms with E-state index in [4.69, 9.17) is 9.47 Å². The number of fused-ring (bicyclic) bond motifs is 1. The topological polar surface area (TPSA) is 107 Å². The van der Waals surface area contributed by atoms with Crippen LogP contribution in [0.15, 0.2) is 80.7 Å². The molecule has 0 spiro atoms. The Labute approximate surface area is 270 Å². The Morgan fingerprint density at radius 2 is 1.91 bits per heavy atom. The van der Waals surface area contributed by atoms with Crippen molar-refractivity contribution in [1.29, 1.82) is 5.26 Å². The standard InChI is InChI=1S/C33H27F3N4O4S2/c1-5-44-31(42)27-19(3)38-32-40(28(27)21-9-7-6-8-10-21)30(41)25(46-32)15-20-11-12-24(43-4)22(14-20)17-45-29-23(16-37)18(2)13-26(39-29)33(34,35)36/h6-15,28H,5,17H2,1-4H3/t28-/m1/s1. The number of thioether (sulfide) groups is 1. The Morgan fingerprint density at radius 3 is 2.57 bits per heavy atom. The molecule has 0 unspecified atom stereocenters. The van der Waals surface area contributed by atoms with E-state index in [0.717, 1.165) is 23.4 Å². The molecular weight excluding hydrogens is 638 g/mol. The van der Waals surface area contributed by atoms with Gasteiger partial charge in [0.25, 0.3) is 5.56 Å². The fourth-order valence-electron chi connectivity index (χ4n) is 5.07. The van der Waals surface area contributed by atoms with Crippen molar-refractivity contribution in [3.05, 3.63) is 119 Å². The smallest absolute Gasteiger partial charge is 0.433 e. The van der Waals surface area contributed by atoms with Crippen molar-refractivity contribution >= 4 is 35.1 Å². The largest absolute Gasteiger partial charge is 0.496 e. The first kappa shape index (κ1) is 32.7. The molecule has 4 aromatic rings. The van der Waals surface area contributed by atoms with Crippen LogP contribution in [-0.4, -0.2) is 29.2 Å². The van der Waals surface area contributed by atoms with Crippen LogP contribution in [0, 0.1) is 18.3 Å². The minimum atomic E-state index is -4.66. The summed E-state index contributed by atoms with van der Waals surface area (Å²) in [4.78, 5) is 35.7. The molecule has 0 saturated carbocycles. The summed E-state index contributed by atoms with van der Waals surface area (Å²) in [5.41, 5.74) is 1.55. The molecule has 5 rings (SSSR count). The number of rotatable bonds is 8. The lowest BCUT2D eigenvalue weighted by atomic mass is 9.96. The summed E-state index contributed by atoms with van der Waals surface area (Å²) in [6.07, 6.45) is -2.97. The zero-order valence-corrected chi connectivity index (χ0v) is 26.8. The number of allylic oxidation sites excluding steroid dienone is 1. The summed E-state index contributed by atoms with van der Waals surface area (Å²) in [6.45, 7) is 5.03. The van der Waals surface area contributed by atoms with E-state index >= 15 is 0 Å². The minimum absolute atomic E-state index is 0.0377. The Morgan fingerprint density at radius 1 is 1.17 bits per heavy atom. The maximum Gasteiger partial charge on any atom is 0.433 e. The fourth-order valence-corrected chi connectivity index (χ4v) is 7.15. The molecule has 3 heterocycles. The van der Waals surface area contributed by atoms with Crippen LogP contribution in [0.2, 0.25) is 0 Å². The first-order valence-corrected chi connectivity index (χ1v) is 15.8. The third kappa shape index (κ3) is 6.49. The number of thiazole rings is 1. The van der Waals surface area contributed by atoms with Gasteiger partial charge in [0.15, 0.2) is 4.80 Å². The molecule has 236 valence electrons. The summed E-state index contributed by atoms with van der Waals surface area (Å²) in [7, 11) is 1.47. The van der Waals surface area contributed by atoms with E-state index in [1.807, 2.05) is 36.4 Å². The van der Waals surface area contributed by atoms with Gasteiger partial charge in [0.05, 0.1) is 41.1 Å². The van der Waals surface area contributed by atoms with Crippen LogP contribution in [0.4, 0.5) is 13.2 Å². The predicted molar refractivity (Wildman–Crippen MR) is 168 cm³/mol. The summed E-state index contributed by atoms with van der Waals surface area (Å²) < 4.78 is 53.0. The van der Waals surface area contributed by atoms with Crippen LogP contribution in [-0.2, 0) is 21.5 Å². The van der Waals surface area contributed by atoms with Crippen molar-refractivity contribution in [2.45, 2.75) is 43.8 Å². The van der Waals surface area contributed by atoms with Crippen LogP contribution >= 0.6 is 23.1 Å². The van der Waals surface area contributed by atoms with Crippen LogP contribution in [0.1, 0.15) is 53.4 Å². The highest BCUT2D eigenvalue weighted by atomic mass is 32.2. The molecular formula is C33H27F3N4O4S2. The quantitative estimate of drug-likeness (QED) is 0.176. The van der Waals surface area contributed by atoms with E-state index in [1.165, 1.54) is 29.9 Å². The second-order valence-corrected chi connectivity index (χ2v) is 12.2. The second-order valence-electron chi connectivity index (χ2n) is 10.2. The zero-order valence-electron chi connectivity index (χ0n) is 25.1. The van der Waals surface area contributed by atoms with Crippen LogP contribution in [0.5, 0.6) is 5.75 Å². The summed E-state index contributed by atoms with van der Waals surface area (Å²) in [6, 6.07) is 16.5. The number of hydrogen-bond donors (Lipinski definition) is 0. The van der Waals surface area contributed by atoms with E-state index in [9.17, 15) is 28.0 Å². The lowest BCUT2D eigenvalue weighted by Crippen LogP contribution is -2.39. The van der Waals surface area contributed by atoms with Gasteiger partial charge in [0.1, 0.15) is 22.5 Å². The molecule has 0 amide bonds. The normalized spacial score (nSPS) is 14.8. The molecule has 1 atom stereocenters. The average Bonchev–Trinajstić information content (AvgIpc) is 3.32. The number of alkyl halides is 3. The third-order valence-corrected chi connectivity index (χ3v) is 9.19. The number of carbonyl (C=O) groups is 1. The molecule has 0 saturated heterocycles. The molecule has 1 aliphatic heterocycles. The average molecular weight is 665 g/mol. The van der Waals surface area contributed by atoms with E-state index < -0.39 is 23.9 Å². The van der Waals surface area contributed by atoms with Gasteiger partial charge in [-0.3, -0.25) is 9.36 Å². The van der Waals surface area contributed by atoms with E-state index in [0.29, 0.717) is 31.9 Å². The maximum absolute atomic E-state index is 13.9. The highest BCUT2D eigenvalue weighted by Gasteiger charge is 2.35. The summed E-state index contributed by atoms with van der Waals surface area (Å²) >= 11 is 2.16. The number of aromatic nitrogens is 2. The first-order chi connectivity index (χ1) is 22.0. The van der Waals surface area contributed by atoms with Crippen LogP contribution < -0.4 is 19.6 Å². The number of nitriles is 1. The number of methoxy groups -OCH3 is 1. The van der Waals surface area contributed by atoms with Crippen molar-refractivity contribution in [3.63, 3.8) is 0 Å². The maximum atomic E-state index is 13.9. The summed E-state index contributed by atoms with van der Waals surface area (Å²) in [5, 5.41) is 9.56. The van der Waals surface area contributed by atoms with Gasteiger partial charge in [0, 0.05) is 11.3 Å². The molecule has 0 radical (unpaired) electrons. The molecule has 0 N–H and O–H groups in total. The van der Waals surface area contributed by atoms with Gasteiger partial charge >= 0.3 is 12.1 Å². The number of carbonyl (C=O) groups excluding carboxylic acids is 1. The number of esters is 1. The molecule has 8 nitrogen and oxygen atoms in total. The van der Waals surface area contributed by atoms with Gasteiger partial charge in [-0.25, -0.2) is 14.8 Å². The van der Waals surface area contributed by atoms with Crippen molar-refractivity contribution in [1.82, 2.24) is 9.55 Å².